The molecule has 7 heteroatoms. The van der Waals surface area contributed by atoms with E-state index < -0.39 is 5.91 Å². The third-order valence-electron chi connectivity index (χ3n) is 4.55. The van der Waals surface area contributed by atoms with Gasteiger partial charge >= 0.3 is 0 Å². The first-order valence-electron chi connectivity index (χ1n) is 8.57. The second-order valence-electron chi connectivity index (χ2n) is 6.47. The largest absolute Gasteiger partial charge is 0.370 e. The molecule has 1 aromatic carbocycles. The van der Waals surface area contributed by atoms with E-state index in [2.05, 4.69) is 0 Å². The van der Waals surface area contributed by atoms with E-state index in [4.69, 9.17) is 11.5 Å². The molecule has 0 aromatic heterocycles. The van der Waals surface area contributed by atoms with E-state index in [0.717, 1.165) is 5.56 Å². The first-order valence-corrected chi connectivity index (χ1v) is 8.57. The molecule has 0 spiro atoms. The van der Waals surface area contributed by atoms with Crippen molar-refractivity contribution in [3.63, 3.8) is 0 Å². The van der Waals surface area contributed by atoms with Crippen molar-refractivity contribution in [2.24, 2.45) is 17.4 Å². The Morgan fingerprint density at radius 2 is 1.72 bits per heavy atom. The Labute approximate surface area is 147 Å². The lowest BCUT2D eigenvalue weighted by atomic mass is 9.96. The fourth-order valence-corrected chi connectivity index (χ4v) is 3.01. The molecule has 3 amide bonds. The number of likely N-dealkylation sites (tertiary alicyclic amines) is 1. The maximum Gasteiger partial charge on any atom is 0.237 e. The number of carbonyl (C=O) groups is 3. The predicted molar refractivity (Wildman–Crippen MR) is 94.0 cm³/mol. The molecule has 0 bridgehead atoms. The van der Waals surface area contributed by atoms with E-state index in [1.54, 1.807) is 4.90 Å². The summed E-state index contributed by atoms with van der Waals surface area (Å²) >= 11 is 0. The van der Waals surface area contributed by atoms with Crippen molar-refractivity contribution in [3.05, 3.63) is 35.9 Å². The molecular formula is C18H26N4O3. The van der Waals surface area contributed by atoms with Gasteiger partial charge in [-0.25, -0.2) is 0 Å². The molecule has 1 aliphatic rings. The number of primary amides is 2. The number of carbonyl (C=O) groups excluding carboxylic acids is 3. The lowest BCUT2D eigenvalue weighted by Crippen LogP contribution is -2.45. The van der Waals surface area contributed by atoms with Gasteiger partial charge in [-0.2, -0.15) is 0 Å². The second kappa shape index (κ2) is 9.17. The second-order valence-corrected chi connectivity index (χ2v) is 6.47. The quantitative estimate of drug-likeness (QED) is 0.695. The van der Waals surface area contributed by atoms with Gasteiger partial charge in [0.05, 0.1) is 6.54 Å². The van der Waals surface area contributed by atoms with Crippen molar-refractivity contribution in [2.45, 2.75) is 25.8 Å². The number of rotatable bonds is 8. The smallest absolute Gasteiger partial charge is 0.237 e. The average Bonchev–Trinajstić information content (AvgIpc) is 2.59. The summed E-state index contributed by atoms with van der Waals surface area (Å²) in [5.74, 6) is -0.824. The van der Waals surface area contributed by atoms with E-state index in [9.17, 15) is 14.4 Å². The summed E-state index contributed by atoms with van der Waals surface area (Å²) in [5, 5.41) is 0. The summed E-state index contributed by atoms with van der Waals surface area (Å²) in [7, 11) is 0. The van der Waals surface area contributed by atoms with Gasteiger partial charge in [-0.3, -0.25) is 19.3 Å². The minimum absolute atomic E-state index is 0.0392. The third kappa shape index (κ3) is 6.19. The van der Waals surface area contributed by atoms with Crippen LogP contribution < -0.4 is 11.5 Å². The van der Waals surface area contributed by atoms with Crippen molar-refractivity contribution in [3.8, 4) is 0 Å². The van der Waals surface area contributed by atoms with Gasteiger partial charge in [0.1, 0.15) is 0 Å². The minimum Gasteiger partial charge on any atom is -0.370 e. The number of nitrogens with zero attached hydrogens (tertiary/aromatic N) is 2. The van der Waals surface area contributed by atoms with E-state index >= 15 is 0 Å². The maximum absolute atomic E-state index is 12.7. The summed E-state index contributed by atoms with van der Waals surface area (Å²) in [4.78, 5) is 38.7. The first kappa shape index (κ1) is 18.9. The van der Waals surface area contributed by atoms with Crippen molar-refractivity contribution < 1.29 is 14.4 Å². The van der Waals surface area contributed by atoms with Crippen molar-refractivity contribution in [1.82, 2.24) is 9.80 Å². The number of benzene rings is 1. The molecule has 136 valence electrons. The molecule has 4 N–H and O–H groups in total. The van der Waals surface area contributed by atoms with Crippen LogP contribution in [0.15, 0.2) is 30.3 Å². The lowest BCUT2D eigenvalue weighted by Gasteiger charge is -2.32. The summed E-state index contributed by atoms with van der Waals surface area (Å²) in [6, 6.07) is 9.65. The standard InChI is InChI=1S/C18H26N4O3/c19-16(23)8-11-22(12-14-4-2-1-3-5-14)17(24)13-21-9-6-15(7-10-21)18(20)25/h1-5,15H,6-13H2,(H2,19,23)(H2,20,25). The SMILES string of the molecule is NC(=O)CCN(Cc1ccccc1)C(=O)CN1CCC(C(N)=O)CC1. The van der Waals surface area contributed by atoms with Crippen LogP contribution in [0.5, 0.6) is 0 Å². The van der Waals surface area contributed by atoms with Crippen LogP contribution in [-0.2, 0) is 20.9 Å². The third-order valence-corrected chi connectivity index (χ3v) is 4.55. The van der Waals surface area contributed by atoms with Crippen molar-refractivity contribution in [1.29, 1.82) is 0 Å². The topological polar surface area (TPSA) is 110 Å². The molecule has 25 heavy (non-hydrogen) atoms. The van der Waals surface area contributed by atoms with Gasteiger partial charge in [-0.15, -0.1) is 0 Å². The van der Waals surface area contributed by atoms with Gasteiger partial charge in [-0.1, -0.05) is 30.3 Å². The average molecular weight is 346 g/mol. The first-order chi connectivity index (χ1) is 12.0. The van der Waals surface area contributed by atoms with Crippen LogP contribution in [0.3, 0.4) is 0 Å². The molecule has 0 atom stereocenters. The van der Waals surface area contributed by atoms with Crippen LogP contribution in [0.2, 0.25) is 0 Å². The van der Waals surface area contributed by atoms with Crippen LogP contribution in [0.25, 0.3) is 0 Å². The van der Waals surface area contributed by atoms with Crippen molar-refractivity contribution in [2.75, 3.05) is 26.2 Å². The van der Waals surface area contributed by atoms with Gasteiger partial charge in [0.25, 0.3) is 0 Å². The Morgan fingerprint density at radius 1 is 1.08 bits per heavy atom. The molecular weight excluding hydrogens is 320 g/mol. The normalized spacial score (nSPS) is 15.7. The molecule has 0 aliphatic carbocycles. The van der Waals surface area contributed by atoms with Gasteiger partial charge in [0.15, 0.2) is 0 Å². The molecule has 2 rings (SSSR count). The Hall–Kier alpha value is -2.41. The van der Waals surface area contributed by atoms with Crippen LogP contribution in [0.1, 0.15) is 24.8 Å². The molecule has 7 nitrogen and oxygen atoms in total. The molecule has 0 saturated carbocycles. The highest BCUT2D eigenvalue weighted by atomic mass is 16.2. The van der Waals surface area contributed by atoms with Crippen molar-refractivity contribution >= 4 is 17.7 Å². The van der Waals surface area contributed by atoms with Crippen LogP contribution in [-0.4, -0.2) is 53.7 Å². The Bertz CT molecular complexity index is 598. The van der Waals surface area contributed by atoms with E-state index in [-0.39, 0.29) is 30.7 Å². The van der Waals surface area contributed by atoms with E-state index in [1.165, 1.54) is 0 Å². The lowest BCUT2D eigenvalue weighted by molar-refractivity contribution is -0.134. The Balaban J connectivity index is 1.92. The fraction of sp³-hybridized carbons (Fsp3) is 0.500. The Morgan fingerprint density at radius 3 is 2.28 bits per heavy atom. The van der Waals surface area contributed by atoms with Gasteiger partial charge in [0.2, 0.25) is 17.7 Å². The summed E-state index contributed by atoms with van der Waals surface area (Å²) < 4.78 is 0. The summed E-state index contributed by atoms with van der Waals surface area (Å²) in [5.41, 5.74) is 11.6. The molecule has 1 saturated heterocycles. The molecule has 0 unspecified atom stereocenters. The highest BCUT2D eigenvalue weighted by Crippen LogP contribution is 2.17. The minimum atomic E-state index is -0.423. The summed E-state index contributed by atoms with van der Waals surface area (Å²) in [6.07, 6.45) is 1.51. The van der Waals surface area contributed by atoms with Gasteiger partial charge in [-0.05, 0) is 31.5 Å². The van der Waals surface area contributed by atoms with E-state index in [0.29, 0.717) is 39.0 Å². The zero-order chi connectivity index (χ0) is 18.2. The van der Waals surface area contributed by atoms with Gasteiger partial charge < -0.3 is 16.4 Å². The molecule has 1 heterocycles. The highest BCUT2D eigenvalue weighted by molar-refractivity contribution is 5.80. The number of nitrogens with two attached hydrogens (primary N) is 2. The number of piperidine rings is 1. The van der Waals surface area contributed by atoms with Gasteiger partial charge in [0, 0.05) is 25.4 Å². The molecule has 1 aliphatic heterocycles. The van der Waals surface area contributed by atoms with Crippen LogP contribution in [0, 0.1) is 5.92 Å². The number of hydrogen-bond donors (Lipinski definition) is 2. The fourth-order valence-electron chi connectivity index (χ4n) is 3.01. The number of amides is 3. The molecule has 1 aromatic rings. The molecule has 1 fully saturated rings. The van der Waals surface area contributed by atoms with Crippen LogP contribution in [0.4, 0.5) is 0 Å². The monoisotopic (exact) mass is 346 g/mol. The zero-order valence-electron chi connectivity index (χ0n) is 14.4. The maximum atomic E-state index is 12.7. The summed E-state index contributed by atoms with van der Waals surface area (Å²) in [6.45, 7) is 2.38. The predicted octanol–water partition coefficient (Wildman–Crippen LogP) is 0.0879. The van der Waals surface area contributed by atoms with E-state index in [1.807, 2.05) is 35.2 Å². The zero-order valence-corrected chi connectivity index (χ0v) is 14.4. The van der Waals surface area contributed by atoms with Crippen LogP contribution >= 0.6 is 0 Å². The number of hydrogen-bond acceptors (Lipinski definition) is 4. The highest BCUT2D eigenvalue weighted by Gasteiger charge is 2.25. The Kier molecular flexibility index (Phi) is 6.94. The molecule has 0 radical (unpaired) electrons.